The summed E-state index contributed by atoms with van der Waals surface area (Å²) in [4.78, 5) is 155. The highest BCUT2D eigenvalue weighted by molar-refractivity contribution is 8.76. The summed E-state index contributed by atoms with van der Waals surface area (Å²) in [5.74, 6) is -8.66. The lowest BCUT2D eigenvalue weighted by molar-refractivity contribution is -0.144. The Morgan fingerprint density at radius 3 is 1.33 bits per heavy atom. The number of pyridine rings is 2. The number of carbonyl (C=O) groups excluding carboxylic acids is 10. The predicted molar refractivity (Wildman–Crippen MR) is 298 cm³/mol. The lowest BCUT2D eigenvalue weighted by Crippen LogP contribution is -2.57. The van der Waals surface area contributed by atoms with Gasteiger partial charge in [0.1, 0.15) is 47.8 Å². The number of aromatic hydroxyl groups is 2. The fraction of sp³-hybridized carbons (Fsp3) is 0.417. The number of hydrogen-bond acceptors (Lipinski definition) is 20. The highest BCUT2D eigenvalue weighted by Crippen LogP contribution is 2.30. The number of fused-ring (bicyclic) bond motifs is 7. The fourth-order valence-corrected chi connectivity index (χ4v) is 13.9. The van der Waals surface area contributed by atoms with E-state index in [9.17, 15) is 58.2 Å². The Labute approximate surface area is 462 Å². The zero-order valence-electron chi connectivity index (χ0n) is 42.0. The van der Waals surface area contributed by atoms with Gasteiger partial charge in [0.15, 0.2) is 11.4 Å². The van der Waals surface area contributed by atoms with Gasteiger partial charge in [-0.3, -0.25) is 47.9 Å². The molecule has 2 aliphatic rings. The second kappa shape index (κ2) is 27.4. The summed E-state index contributed by atoms with van der Waals surface area (Å²) in [6.07, 6.45) is 3.42. The maximum atomic E-state index is 14.7. The van der Waals surface area contributed by atoms with Gasteiger partial charge >= 0.3 is 0 Å². The quantitative estimate of drug-likeness (QED) is 0.136. The topological polar surface area (TPSA) is 298 Å². The highest BCUT2D eigenvalue weighted by Gasteiger charge is 2.39. The third kappa shape index (κ3) is 14.5. The van der Waals surface area contributed by atoms with Crippen LogP contribution in [0.3, 0.4) is 0 Å². The van der Waals surface area contributed by atoms with Gasteiger partial charge in [0.2, 0.25) is 45.7 Å². The number of hydrogen-bond donors (Lipinski definition) is 6. The minimum absolute atomic E-state index is 0.0598. The van der Waals surface area contributed by atoms with Crippen LogP contribution in [-0.4, -0.2) is 222 Å². The third-order valence-corrected chi connectivity index (χ3v) is 18.1. The Balaban J connectivity index is 1.36. The molecule has 2 bridgehead atoms. The molecule has 4 heterocycles. The minimum atomic E-state index is -1.53. The average Bonchev–Trinajstić information content (AvgIpc) is 3.41. The van der Waals surface area contributed by atoms with Gasteiger partial charge in [0.25, 0.3) is 11.8 Å². The van der Waals surface area contributed by atoms with E-state index in [1.807, 2.05) is 0 Å². The highest BCUT2D eigenvalue weighted by atomic mass is 33.1. The van der Waals surface area contributed by atoms with E-state index in [0.29, 0.717) is 45.3 Å². The summed E-state index contributed by atoms with van der Waals surface area (Å²) >= 11 is 3.71. The second-order valence-corrected chi connectivity index (χ2v) is 23.7. The zero-order chi connectivity index (χ0) is 55.4. The summed E-state index contributed by atoms with van der Waals surface area (Å²) in [5.41, 5.74) is -0.102. The maximum Gasteiger partial charge on any atom is 0.274 e. The summed E-state index contributed by atoms with van der Waals surface area (Å²) < 4.78 is 0. The average molecular weight is 1160 g/mol. The molecule has 0 saturated carbocycles. The second-order valence-electron chi connectivity index (χ2n) is 17.3. The standard InChI is InChI=1S/C48H56N10O12S6/c1-55-31-23-75-76-24-32(46(68)58(4)34(22-72-6)48(70)74-19-29(41(63)49-17-37(55)61)53-43(65)39-35(59)15-25-11-7-9-13-27(25)51-39)56(2)38(62)18-50-42(64)30(20-73-47(69)33(21-71-5)57(3)45(31)67)54-44(66)40-36(60)16-26-12-8-10-14-28(26)52-40/h7-16,29-34,59-60H,17-24H2,1-6H3,(H,49,63)(H,50,64)(H,53,65)(H,54,66)/t29-,30-,31+,32+,33-,34-/m1/s1. The first kappa shape index (κ1) is 59.3. The predicted octanol–water partition coefficient (Wildman–Crippen LogP) is 1.29. The van der Waals surface area contributed by atoms with Gasteiger partial charge in [-0.1, -0.05) is 81.5 Å². The molecule has 6 atom stereocenters. The molecule has 76 heavy (non-hydrogen) atoms. The van der Waals surface area contributed by atoms with Gasteiger partial charge in [0, 0.05) is 73.5 Å². The van der Waals surface area contributed by atoms with E-state index in [2.05, 4.69) is 31.2 Å². The first-order valence-electron chi connectivity index (χ1n) is 23.2. The maximum absolute atomic E-state index is 14.7. The van der Waals surface area contributed by atoms with Crippen LogP contribution in [0.25, 0.3) is 21.8 Å². The van der Waals surface area contributed by atoms with Gasteiger partial charge in [-0.05, 0) is 36.8 Å². The summed E-state index contributed by atoms with van der Waals surface area (Å²) in [5, 5.41) is 31.6. The van der Waals surface area contributed by atoms with Crippen molar-refractivity contribution in [1.82, 2.24) is 50.8 Å². The van der Waals surface area contributed by atoms with E-state index < -0.39 is 141 Å². The van der Waals surface area contributed by atoms with Crippen LogP contribution < -0.4 is 21.3 Å². The molecule has 0 radical (unpaired) electrons. The lowest BCUT2D eigenvalue weighted by atomic mass is 10.1. The Morgan fingerprint density at radius 2 is 0.961 bits per heavy atom. The van der Waals surface area contributed by atoms with Crippen molar-refractivity contribution < 1.29 is 58.2 Å². The van der Waals surface area contributed by atoms with Crippen LogP contribution in [0.4, 0.5) is 0 Å². The van der Waals surface area contributed by atoms with Crippen LogP contribution in [0.2, 0.25) is 0 Å². The van der Waals surface area contributed by atoms with Gasteiger partial charge in [0.05, 0.1) is 24.1 Å². The molecule has 4 aromatic rings. The molecule has 2 aromatic heterocycles. The van der Waals surface area contributed by atoms with Crippen LogP contribution >= 0.6 is 68.6 Å². The van der Waals surface area contributed by atoms with Crippen LogP contribution in [0, 0.1) is 0 Å². The van der Waals surface area contributed by atoms with Crippen LogP contribution in [-0.2, 0) is 38.4 Å². The van der Waals surface area contributed by atoms with Gasteiger partial charge < -0.3 is 51.1 Å². The normalized spacial score (nSPS) is 22.8. The zero-order valence-corrected chi connectivity index (χ0v) is 46.9. The Bertz CT molecular complexity index is 2710. The molecule has 2 aromatic carbocycles. The monoisotopic (exact) mass is 1160 g/mol. The largest absolute Gasteiger partial charge is 0.505 e. The van der Waals surface area contributed by atoms with E-state index in [1.54, 1.807) is 61.0 Å². The number of rotatable bonds is 8. The molecule has 0 spiro atoms. The van der Waals surface area contributed by atoms with E-state index >= 15 is 0 Å². The van der Waals surface area contributed by atoms with Crippen molar-refractivity contribution in [2.45, 2.75) is 36.3 Å². The molecular formula is C48H56N10O12S6. The number of likely N-dealkylation sites (N-methyl/N-ethyl adjacent to an activating group) is 4. The Morgan fingerprint density at radius 1 is 0.592 bits per heavy atom. The molecule has 2 saturated heterocycles. The molecule has 6 N–H and O–H groups in total. The lowest BCUT2D eigenvalue weighted by Gasteiger charge is -2.35. The molecule has 22 nitrogen and oxygen atoms in total. The van der Waals surface area contributed by atoms with Crippen molar-refractivity contribution in [3.63, 3.8) is 0 Å². The molecular weight excluding hydrogens is 1100 g/mol. The summed E-state index contributed by atoms with van der Waals surface area (Å²) in [6.45, 7) is -1.39. The van der Waals surface area contributed by atoms with E-state index in [1.165, 1.54) is 73.6 Å². The van der Waals surface area contributed by atoms with Crippen molar-refractivity contribution in [2.24, 2.45) is 0 Å². The van der Waals surface area contributed by atoms with Crippen LogP contribution in [0.1, 0.15) is 21.0 Å². The fourth-order valence-electron chi connectivity index (χ4n) is 7.75. The minimum Gasteiger partial charge on any atom is -0.505 e. The SMILES string of the molecule is CSC[C@@H]1C(=O)SC[C@@H](NC(=O)c2nc3ccccc3cc2O)C(=O)NCC(=O)N(C)[C@H]2CSSC[C@@H](C(=O)N1C)N(C)C(=O)CNC(=O)[C@H](NC(=O)c1nc3ccccc3cc1O)CSC(=O)[C@@H](CSC)N(C)C2=O. The number of para-hydroxylation sites is 2. The smallest absolute Gasteiger partial charge is 0.274 e. The van der Waals surface area contributed by atoms with E-state index in [-0.39, 0.29) is 23.0 Å². The van der Waals surface area contributed by atoms with Gasteiger partial charge in [-0.2, -0.15) is 23.5 Å². The third-order valence-electron chi connectivity index (χ3n) is 12.3. The van der Waals surface area contributed by atoms with Crippen molar-refractivity contribution in [3.05, 3.63) is 72.1 Å². The van der Waals surface area contributed by atoms with E-state index in [0.717, 1.165) is 31.4 Å². The van der Waals surface area contributed by atoms with Gasteiger partial charge in [-0.25, -0.2) is 9.97 Å². The number of benzene rings is 2. The molecule has 2 fully saturated rings. The Hall–Kier alpha value is -5.94. The summed E-state index contributed by atoms with van der Waals surface area (Å²) in [7, 11) is 7.60. The molecule has 6 rings (SSSR count). The number of aromatic nitrogens is 2. The number of nitrogens with zero attached hydrogens (tertiary/aromatic N) is 6. The molecule has 28 heteroatoms. The van der Waals surface area contributed by atoms with Crippen molar-refractivity contribution in [3.8, 4) is 11.5 Å². The number of thioether (sulfide) groups is 4. The van der Waals surface area contributed by atoms with Gasteiger partial charge in [-0.15, -0.1) is 0 Å². The first-order chi connectivity index (χ1) is 36.2. The first-order valence-corrected chi connectivity index (χ1v) is 30.5. The number of nitrogens with one attached hydrogen (secondary N) is 4. The molecule has 0 aliphatic carbocycles. The van der Waals surface area contributed by atoms with E-state index in [4.69, 9.17) is 0 Å². The number of amides is 8. The van der Waals surface area contributed by atoms with Crippen molar-refractivity contribution in [2.75, 3.05) is 88.3 Å². The molecule has 0 unspecified atom stereocenters. The molecule has 2 aliphatic heterocycles. The molecule has 8 amide bonds. The Kier molecular flexibility index (Phi) is 21.4. The van der Waals surface area contributed by atoms with Crippen LogP contribution in [0.15, 0.2) is 60.7 Å². The summed E-state index contributed by atoms with van der Waals surface area (Å²) in [6, 6.07) is 8.07. The molecule has 406 valence electrons. The van der Waals surface area contributed by atoms with Crippen LogP contribution in [0.5, 0.6) is 11.5 Å². The van der Waals surface area contributed by atoms with Crippen molar-refractivity contribution in [1.29, 1.82) is 0 Å². The number of carbonyl (C=O) groups is 10. The van der Waals surface area contributed by atoms with Crippen molar-refractivity contribution >= 4 is 148 Å².